The molecule has 0 aliphatic carbocycles. The van der Waals surface area contributed by atoms with Gasteiger partial charge in [-0.15, -0.1) is 0 Å². The van der Waals surface area contributed by atoms with Gasteiger partial charge in [-0.3, -0.25) is 0 Å². The molecule has 0 heterocycles. The number of thioether (sulfide) groups is 1. The molecule has 0 saturated heterocycles. The smallest absolute Gasteiger partial charge is 0.0599 e. The Morgan fingerprint density at radius 2 is 2.00 bits per heavy atom. The van der Waals surface area contributed by atoms with Crippen LogP contribution in [-0.4, -0.2) is 48.0 Å². The van der Waals surface area contributed by atoms with Gasteiger partial charge in [0.15, 0.2) is 0 Å². The van der Waals surface area contributed by atoms with E-state index in [2.05, 4.69) is 33.0 Å². The molecule has 15 heavy (non-hydrogen) atoms. The minimum atomic E-state index is -0.0686. The monoisotopic (exact) mass is 235 g/mol. The van der Waals surface area contributed by atoms with Crippen molar-refractivity contribution in [3.8, 4) is 0 Å². The van der Waals surface area contributed by atoms with Crippen LogP contribution in [0.15, 0.2) is 0 Å². The predicted molar refractivity (Wildman–Crippen MR) is 67.6 cm³/mol. The first kappa shape index (κ1) is 15.2. The van der Waals surface area contributed by atoms with Gasteiger partial charge in [0.05, 0.1) is 18.8 Å². The molecule has 0 bridgehead atoms. The van der Waals surface area contributed by atoms with Crippen molar-refractivity contribution in [2.45, 2.75) is 44.6 Å². The molecule has 2 unspecified atom stereocenters. The summed E-state index contributed by atoms with van der Waals surface area (Å²) in [4.78, 5) is 0. The van der Waals surface area contributed by atoms with Crippen LogP contribution in [0, 0.1) is 0 Å². The van der Waals surface area contributed by atoms with E-state index in [0.29, 0.717) is 12.6 Å². The molecular weight excluding hydrogens is 210 g/mol. The summed E-state index contributed by atoms with van der Waals surface area (Å²) >= 11 is 1.69. The van der Waals surface area contributed by atoms with Crippen molar-refractivity contribution in [3.05, 3.63) is 0 Å². The van der Waals surface area contributed by atoms with Crippen molar-refractivity contribution >= 4 is 11.8 Å². The molecule has 3 nitrogen and oxygen atoms in total. The topological polar surface area (TPSA) is 41.5 Å². The summed E-state index contributed by atoms with van der Waals surface area (Å²) in [5.74, 6) is 0. The second kappa shape index (κ2) is 7.49. The van der Waals surface area contributed by atoms with Crippen molar-refractivity contribution in [3.63, 3.8) is 0 Å². The summed E-state index contributed by atoms with van der Waals surface area (Å²) in [6.07, 6.45) is 2.02. The summed E-state index contributed by atoms with van der Waals surface area (Å²) < 4.78 is 5.59. The van der Waals surface area contributed by atoms with Crippen LogP contribution in [-0.2, 0) is 4.74 Å². The molecule has 0 aliphatic heterocycles. The Morgan fingerprint density at radius 1 is 1.40 bits per heavy atom. The Labute approximate surface area is 98.0 Å². The molecule has 0 amide bonds. The van der Waals surface area contributed by atoms with Crippen molar-refractivity contribution in [1.82, 2.24) is 5.32 Å². The van der Waals surface area contributed by atoms with E-state index in [1.165, 1.54) is 0 Å². The highest BCUT2D eigenvalue weighted by Gasteiger charge is 2.14. The summed E-state index contributed by atoms with van der Waals surface area (Å²) in [7, 11) is 0. The Kier molecular flexibility index (Phi) is 7.61. The van der Waals surface area contributed by atoms with Crippen LogP contribution in [0.1, 0.15) is 27.7 Å². The molecule has 0 aliphatic rings. The highest BCUT2D eigenvalue weighted by atomic mass is 32.2. The molecule has 92 valence electrons. The standard InChI is InChI=1S/C11H25NO2S/c1-9(10(8-13)15-5)12-6-7-14-11(2,3)4/h9-10,12-13H,6-8H2,1-5H3. The van der Waals surface area contributed by atoms with Crippen LogP contribution >= 0.6 is 11.8 Å². The molecule has 2 atom stereocenters. The fraction of sp³-hybridized carbons (Fsp3) is 1.00. The fourth-order valence-electron chi connectivity index (χ4n) is 1.21. The van der Waals surface area contributed by atoms with Crippen molar-refractivity contribution in [1.29, 1.82) is 0 Å². The summed E-state index contributed by atoms with van der Waals surface area (Å²) in [5, 5.41) is 12.7. The van der Waals surface area contributed by atoms with Gasteiger partial charge in [0.25, 0.3) is 0 Å². The molecule has 0 aromatic rings. The molecule has 0 fully saturated rings. The van der Waals surface area contributed by atoms with Gasteiger partial charge in [-0.1, -0.05) is 0 Å². The first-order valence-corrected chi connectivity index (χ1v) is 6.70. The Balaban J connectivity index is 3.58. The van der Waals surface area contributed by atoms with Gasteiger partial charge in [0, 0.05) is 17.8 Å². The van der Waals surface area contributed by atoms with Crippen molar-refractivity contribution < 1.29 is 9.84 Å². The Bertz CT molecular complexity index is 155. The highest BCUT2D eigenvalue weighted by molar-refractivity contribution is 7.99. The van der Waals surface area contributed by atoms with E-state index in [9.17, 15) is 0 Å². The van der Waals surface area contributed by atoms with E-state index in [1.54, 1.807) is 11.8 Å². The lowest BCUT2D eigenvalue weighted by Gasteiger charge is -2.23. The molecule has 0 rings (SSSR count). The van der Waals surface area contributed by atoms with Crippen LogP contribution in [0.5, 0.6) is 0 Å². The zero-order chi connectivity index (χ0) is 11.9. The first-order valence-electron chi connectivity index (χ1n) is 5.41. The van der Waals surface area contributed by atoms with Gasteiger partial charge < -0.3 is 15.2 Å². The zero-order valence-corrected chi connectivity index (χ0v) is 11.4. The van der Waals surface area contributed by atoms with E-state index in [-0.39, 0.29) is 17.5 Å². The number of hydrogen-bond donors (Lipinski definition) is 2. The van der Waals surface area contributed by atoms with E-state index in [0.717, 1.165) is 6.54 Å². The maximum absolute atomic E-state index is 9.09. The molecular formula is C11H25NO2S. The number of aliphatic hydroxyl groups excluding tert-OH is 1. The van der Waals surface area contributed by atoms with Gasteiger partial charge in [-0.05, 0) is 34.0 Å². The van der Waals surface area contributed by atoms with E-state index in [4.69, 9.17) is 9.84 Å². The number of rotatable bonds is 7. The number of nitrogens with one attached hydrogen (secondary N) is 1. The van der Waals surface area contributed by atoms with Gasteiger partial charge in [-0.25, -0.2) is 0 Å². The molecule has 4 heteroatoms. The fourth-order valence-corrected chi connectivity index (χ4v) is 1.87. The summed E-state index contributed by atoms with van der Waals surface area (Å²) in [5.41, 5.74) is -0.0686. The summed E-state index contributed by atoms with van der Waals surface area (Å²) in [6.45, 7) is 10.00. The first-order chi connectivity index (χ1) is 6.90. The van der Waals surface area contributed by atoms with Crippen molar-refractivity contribution in [2.75, 3.05) is 26.0 Å². The van der Waals surface area contributed by atoms with E-state index in [1.807, 2.05) is 6.26 Å². The average Bonchev–Trinajstić information content (AvgIpc) is 2.13. The van der Waals surface area contributed by atoms with Gasteiger partial charge in [0.2, 0.25) is 0 Å². The van der Waals surface area contributed by atoms with Crippen LogP contribution in [0.4, 0.5) is 0 Å². The quantitative estimate of drug-likeness (QED) is 0.656. The van der Waals surface area contributed by atoms with Gasteiger partial charge in [-0.2, -0.15) is 11.8 Å². The third-order valence-electron chi connectivity index (χ3n) is 2.14. The molecule has 0 radical (unpaired) electrons. The zero-order valence-electron chi connectivity index (χ0n) is 10.5. The predicted octanol–water partition coefficient (Wildman–Crippen LogP) is 1.50. The maximum atomic E-state index is 9.09. The molecule has 0 aromatic heterocycles. The number of aliphatic hydroxyl groups is 1. The molecule has 0 aromatic carbocycles. The lowest BCUT2D eigenvalue weighted by Crippen LogP contribution is -2.40. The second-order valence-corrected chi connectivity index (χ2v) is 5.74. The maximum Gasteiger partial charge on any atom is 0.0599 e. The normalized spacial score (nSPS) is 16.4. The average molecular weight is 235 g/mol. The Morgan fingerprint density at radius 3 is 2.40 bits per heavy atom. The largest absolute Gasteiger partial charge is 0.395 e. The third-order valence-corrected chi connectivity index (χ3v) is 3.31. The molecule has 0 saturated carbocycles. The number of ether oxygens (including phenoxy) is 1. The SMILES string of the molecule is CSC(CO)C(C)NCCOC(C)(C)C. The molecule has 2 N–H and O–H groups in total. The van der Waals surface area contributed by atoms with Gasteiger partial charge >= 0.3 is 0 Å². The second-order valence-electron chi connectivity index (χ2n) is 4.66. The minimum Gasteiger partial charge on any atom is -0.395 e. The lowest BCUT2D eigenvalue weighted by molar-refractivity contribution is -0.00161. The third kappa shape index (κ3) is 8.08. The number of hydrogen-bond acceptors (Lipinski definition) is 4. The van der Waals surface area contributed by atoms with Crippen LogP contribution in [0.2, 0.25) is 0 Å². The van der Waals surface area contributed by atoms with E-state index < -0.39 is 0 Å². The Hall–Kier alpha value is 0.230. The van der Waals surface area contributed by atoms with Crippen LogP contribution in [0.25, 0.3) is 0 Å². The lowest BCUT2D eigenvalue weighted by atomic mass is 10.2. The van der Waals surface area contributed by atoms with Crippen LogP contribution in [0.3, 0.4) is 0 Å². The highest BCUT2D eigenvalue weighted by Crippen LogP contribution is 2.10. The van der Waals surface area contributed by atoms with Crippen molar-refractivity contribution in [2.24, 2.45) is 0 Å². The van der Waals surface area contributed by atoms with Gasteiger partial charge in [0.1, 0.15) is 0 Å². The minimum absolute atomic E-state index is 0.0686. The summed E-state index contributed by atoms with van der Waals surface area (Å²) in [6, 6.07) is 0.313. The molecule has 0 spiro atoms. The van der Waals surface area contributed by atoms with E-state index >= 15 is 0 Å². The van der Waals surface area contributed by atoms with Crippen LogP contribution < -0.4 is 5.32 Å².